The smallest absolute Gasteiger partial charge is 0.407 e. The molecule has 0 aliphatic heterocycles. The molecule has 48 heavy (non-hydrogen) atoms. The van der Waals surface area contributed by atoms with Gasteiger partial charge >= 0.3 is 6.09 Å². The molecule has 2 aromatic heterocycles. The van der Waals surface area contributed by atoms with E-state index in [1.165, 1.54) is 11.1 Å². The molecular formula is C39H55N5O4. The number of carbonyl (C=O) groups is 2. The summed E-state index contributed by atoms with van der Waals surface area (Å²) in [5.41, 5.74) is 4.55. The molecule has 5 rings (SSSR count). The molecule has 0 atom stereocenters. The first-order valence-electron chi connectivity index (χ1n) is 17.8. The lowest BCUT2D eigenvalue weighted by molar-refractivity contribution is -0.124. The highest BCUT2D eigenvalue weighted by molar-refractivity contribution is 5.94. The molecule has 0 bridgehead atoms. The number of benzene rings is 1. The molecule has 2 heterocycles. The van der Waals surface area contributed by atoms with Gasteiger partial charge in [0.05, 0.1) is 13.3 Å². The normalized spacial score (nSPS) is 21.5. The number of aryl methyl sites for hydroxylation is 1. The van der Waals surface area contributed by atoms with Crippen LogP contribution in [-0.2, 0) is 9.53 Å². The summed E-state index contributed by atoms with van der Waals surface area (Å²) < 4.78 is 13.2. The Morgan fingerprint density at radius 1 is 1.00 bits per heavy atom. The summed E-state index contributed by atoms with van der Waals surface area (Å²) in [6, 6.07) is 10.9. The Morgan fingerprint density at radius 2 is 1.73 bits per heavy atom. The van der Waals surface area contributed by atoms with Gasteiger partial charge in [0.25, 0.3) is 0 Å². The number of anilines is 1. The van der Waals surface area contributed by atoms with Crippen molar-refractivity contribution in [3.8, 4) is 16.9 Å². The fourth-order valence-corrected chi connectivity index (χ4v) is 7.08. The van der Waals surface area contributed by atoms with Crippen LogP contribution < -0.4 is 15.0 Å². The number of nitrogens with zero attached hydrogens (tertiary/aromatic N) is 4. The van der Waals surface area contributed by atoms with E-state index in [4.69, 9.17) is 14.5 Å². The van der Waals surface area contributed by atoms with Crippen molar-refractivity contribution in [1.29, 1.82) is 0 Å². The predicted octanol–water partition coefficient (Wildman–Crippen LogP) is 8.48. The molecule has 260 valence electrons. The van der Waals surface area contributed by atoms with Gasteiger partial charge in [-0.05, 0) is 124 Å². The predicted molar refractivity (Wildman–Crippen MR) is 190 cm³/mol. The van der Waals surface area contributed by atoms with Gasteiger partial charge in [0.15, 0.2) is 0 Å². The zero-order valence-corrected chi connectivity index (χ0v) is 30.0. The highest BCUT2D eigenvalue weighted by Crippen LogP contribution is 2.39. The first-order chi connectivity index (χ1) is 22.9. The molecule has 2 amide bonds. The van der Waals surface area contributed by atoms with Crippen molar-refractivity contribution in [3.63, 3.8) is 0 Å². The van der Waals surface area contributed by atoms with Crippen LogP contribution in [0.2, 0.25) is 0 Å². The molecule has 0 saturated heterocycles. The first-order valence-corrected chi connectivity index (χ1v) is 17.8. The van der Waals surface area contributed by atoms with Crippen molar-refractivity contribution in [2.45, 2.75) is 111 Å². The number of hydrogen-bond donors (Lipinski definition) is 1. The number of carbonyl (C=O) groups excluding carboxylic acids is 2. The zero-order chi connectivity index (χ0) is 34.4. The van der Waals surface area contributed by atoms with Gasteiger partial charge < -0.3 is 14.8 Å². The Bertz CT molecular complexity index is 1530. The summed E-state index contributed by atoms with van der Waals surface area (Å²) in [6.07, 6.45) is 12.3. The topological polar surface area (TPSA) is 98.6 Å². The maximum atomic E-state index is 14.4. The van der Waals surface area contributed by atoms with Crippen molar-refractivity contribution in [1.82, 2.24) is 20.1 Å². The molecule has 1 N–H and O–H groups in total. The largest absolute Gasteiger partial charge is 0.496 e. The second kappa shape index (κ2) is 15.6. The minimum absolute atomic E-state index is 0.0131. The molecule has 0 radical (unpaired) electrons. The molecule has 2 fully saturated rings. The van der Waals surface area contributed by atoms with Crippen LogP contribution in [0.15, 0.2) is 48.9 Å². The number of pyridine rings is 1. The van der Waals surface area contributed by atoms with Crippen LogP contribution in [0.4, 0.5) is 10.6 Å². The lowest BCUT2D eigenvalue weighted by atomic mass is 9.78. The zero-order valence-electron chi connectivity index (χ0n) is 30.0. The first kappa shape index (κ1) is 35.4. The molecule has 2 aliphatic rings. The summed E-state index contributed by atoms with van der Waals surface area (Å²) in [7, 11) is 1.72. The molecule has 2 aliphatic carbocycles. The Balaban J connectivity index is 1.28. The monoisotopic (exact) mass is 657 g/mol. The molecule has 0 unspecified atom stereocenters. The van der Waals surface area contributed by atoms with Gasteiger partial charge in [-0.3, -0.25) is 14.4 Å². The maximum absolute atomic E-state index is 14.4. The highest BCUT2D eigenvalue weighted by atomic mass is 16.6. The second-order valence-electron chi connectivity index (χ2n) is 15.4. The van der Waals surface area contributed by atoms with E-state index < -0.39 is 0 Å². The average Bonchev–Trinajstić information content (AvgIpc) is 3.58. The third-order valence-electron chi connectivity index (χ3n) is 9.99. The minimum atomic E-state index is -0.372. The summed E-state index contributed by atoms with van der Waals surface area (Å²) in [5, 5.41) is 7.42. The number of rotatable bonds is 10. The molecular weight excluding hydrogens is 602 g/mol. The Hall–Kier alpha value is -3.88. The van der Waals surface area contributed by atoms with Crippen LogP contribution >= 0.6 is 0 Å². The summed E-state index contributed by atoms with van der Waals surface area (Å²) >= 11 is 0. The van der Waals surface area contributed by atoms with Crippen molar-refractivity contribution >= 4 is 17.8 Å². The van der Waals surface area contributed by atoms with Gasteiger partial charge in [0.2, 0.25) is 5.91 Å². The van der Waals surface area contributed by atoms with E-state index in [2.05, 4.69) is 76.4 Å². The van der Waals surface area contributed by atoms with E-state index in [-0.39, 0.29) is 35.5 Å². The van der Waals surface area contributed by atoms with Gasteiger partial charge in [0, 0.05) is 43.0 Å². The number of aromatic nitrogens is 3. The van der Waals surface area contributed by atoms with E-state index in [1.54, 1.807) is 7.11 Å². The van der Waals surface area contributed by atoms with Gasteiger partial charge in [-0.2, -0.15) is 5.10 Å². The quantitative estimate of drug-likeness (QED) is 0.235. The number of alkyl carbamates (subject to hydrolysis) is 1. The summed E-state index contributed by atoms with van der Waals surface area (Å²) in [6.45, 7) is 13.8. The standard InChI is InChI=1S/C39H55N5O4/c1-26(2)44-24-33(22-42-44)32-18-19-40-36(21-32)43(23-28-8-10-29(11-9-28)31-14-17-35(47-7)27(3)20-31)37(45)30-12-15-34(16-13-30)48-38(46)41-25-39(4,5)6/h14,17-22,24,26,28-30,34H,8-13,15-16,23,25H2,1-7H3,(H,41,46). The van der Waals surface area contributed by atoms with E-state index in [9.17, 15) is 9.59 Å². The van der Waals surface area contributed by atoms with E-state index in [1.807, 2.05) is 34.1 Å². The van der Waals surface area contributed by atoms with E-state index in [0.29, 0.717) is 56.4 Å². The molecule has 0 spiro atoms. The minimum Gasteiger partial charge on any atom is -0.496 e. The fourth-order valence-electron chi connectivity index (χ4n) is 7.08. The third-order valence-corrected chi connectivity index (χ3v) is 9.99. The van der Waals surface area contributed by atoms with Crippen LogP contribution in [0.1, 0.15) is 109 Å². The fraction of sp³-hybridized carbons (Fsp3) is 0.590. The van der Waals surface area contributed by atoms with Crippen LogP contribution in [0.5, 0.6) is 5.75 Å². The van der Waals surface area contributed by atoms with Gasteiger partial charge in [-0.25, -0.2) is 9.78 Å². The SMILES string of the molecule is COc1ccc(C2CCC(CN(C(=O)C3CCC(OC(=O)NCC(C)(C)C)CC3)c3cc(-c4cnn(C(C)C)c4)ccn3)CC2)cc1C. The lowest BCUT2D eigenvalue weighted by Crippen LogP contribution is -2.43. The van der Waals surface area contributed by atoms with Crippen molar-refractivity contribution in [3.05, 3.63) is 60.0 Å². The van der Waals surface area contributed by atoms with Crippen LogP contribution in [0.3, 0.4) is 0 Å². The van der Waals surface area contributed by atoms with Crippen LogP contribution in [0, 0.1) is 24.2 Å². The van der Waals surface area contributed by atoms with Gasteiger partial charge in [-0.1, -0.05) is 32.9 Å². The highest BCUT2D eigenvalue weighted by Gasteiger charge is 2.34. The summed E-state index contributed by atoms with van der Waals surface area (Å²) in [4.78, 5) is 33.5. The molecule has 9 heteroatoms. The van der Waals surface area contributed by atoms with Crippen molar-refractivity contribution in [2.24, 2.45) is 17.3 Å². The van der Waals surface area contributed by atoms with Gasteiger partial charge in [-0.15, -0.1) is 0 Å². The van der Waals surface area contributed by atoms with Crippen molar-refractivity contribution < 1.29 is 19.1 Å². The second-order valence-corrected chi connectivity index (χ2v) is 15.4. The van der Waals surface area contributed by atoms with Gasteiger partial charge in [0.1, 0.15) is 17.7 Å². The van der Waals surface area contributed by atoms with E-state index in [0.717, 1.165) is 42.6 Å². The number of amides is 2. The number of hydrogen-bond acceptors (Lipinski definition) is 6. The van der Waals surface area contributed by atoms with E-state index >= 15 is 0 Å². The molecule has 2 saturated carbocycles. The van der Waals surface area contributed by atoms with Crippen LogP contribution in [0.25, 0.3) is 11.1 Å². The number of methoxy groups -OCH3 is 1. The molecule has 3 aromatic rings. The lowest BCUT2D eigenvalue weighted by Gasteiger charge is -2.35. The average molecular weight is 658 g/mol. The number of nitrogens with one attached hydrogen (secondary N) is 1. The Kier molecular flexibility index (Phi) is 11.5. The maximum Gasteiger partial charge on any atom is 0.407 e. The van der Waals surface area contributed by atoms with Crippen molar-refractivity contribution in [2.75, 3.05) is 25.1 Å². The Labute approximate surface area is 286 Å². The Morgan fingerprint density at radius 3 is 2.35 bits per heavy atom. The molecule has 1 aromatic carbocycles. The van der Waals surface area contributed by atoms with Crippen LogP contribution in [-0.4, -0.2) is 53.1 Å². The summed E-state index contributed by atoms with van der Waals surface area (Å²) in [5.74, 6) is 2.53. The third kappa shape index (κ3) is 9.17. The molecule has 9 nitrogen and oxygen atoms in total. The number of ether oxygens (including phenoxy) is 2.